The number of rotatable bonds is 2. The van der Waals surface area contributed by atoms with Crippen molar-refractivity contribution in [3.05, 3.63) is 0 Å². The van der Waals surface area contributed by atoms with Crippen LogP contribution in [0.4, 0.5) is 0 Å². The number of nitrogens with one attached hydrogen (secondary N) is 1. The maximum Gasteiger partial charge on any atom is 0.00751 e. The quantitative estimate of drug-likeness (QED) is 0.711. The fourth-order valence-electron chi connectivity index (χ4n) is 3.77. The first kappa shape index (κ1) is 9.21. The van der Waals surface area contributed by atoms with Crippen LogP contribution in [0, 0.1) is 17.8 Å². The van der Waals surface area contributed by atoms with Crippen LogP contribution in [0.5, 0.6) is 0 Å². The van der Waals surface area contributed by atoms with E-state index in [-0.39, 0.29) is 0 Å². The highest BCUT2D eigenvalue weighted by Gasteiger charge is 2.46. The minimum Gasteiger partial charge on any atom is -0.311 e. The molecule has 0 aromatic heterocycles. The molecule has 14 heavy (non-hydrogen) atoms. The highest BCUT2D eigenvalue weighted by molar-refractivity contribution is 4.99. The summed E-state index contributed by atoms with van der Waals surface area (Å²) < 4.78 is 0. The number of hydrogen-bond acceptors (Lipinski definition) is 1. The maximum absolute atomic E-state index is 3.91. The summed E-state index contributed by atoms with van der Waals surface area (Å²) in [5.74, 6) is 3.24. The molecular weight excluding hydrogens is 170 g/mol. The van der Waals surface area contributed by atoms with E-state index in [9.17, 15) is 0 Å². The predicted molar refractivity (Wildman–Crippen MR) is 59.2 cm³/mol. The molecule has 1 N–H and O–H groups in total. The van der Waals surface area contributed by atoms with Crippen LogP contribution in [0.3, 0.4) is 0 Å². The van der Waals surface area contributed by atoms with Crippen molar-refractivity contribution >= 4 is 0 Å². The molecule has 0 aliphatic heterocycles. The zero-order chi connectivity index (χ0) is 9.54. The highest BCUT2D eigenvalue weighted by Crippen LogP contribution is 2.51. The maximum atomic E-state index is 3.91. The van der Waals surface area contributed by atoms with Crippen LogP contribution in [-0.2, 0) is 0 Å². The topological polar surface area (TPSA) is 12.0 Å². The van der Waals surface area contributed by atoms with Gasteiger partial charge in [-0.25, -0.2) is 0 Å². The molecule has 0 saturated heterocycles. The first-order valence-electron chi connectivity index (χ1n) is 6.57. The summed E-state index contributed by atoms with van der Waals surface area (Å²) in [5.41, 5.74) is 0. The summed E-state index contributed by atoms with van der Waals surface area (Å²) in [5, 5.41) is 3.91. The second-order valence-electron chi connectivity index (χ2n) is 6.06. The molecule has 4 atom stereocenters. The predicted octanol–water partition coefficient (Wildman–Crippen LogP) is 2.95. The third kappa shape index (κ3) is 1.84. The molecular formula is C13H23N. The van der Waals surface area contributed by atoms with Crippen LogP contribution in [0.15, 0.2) is 0 Å². The Balaban J connectivity index is 1.47. The lowest BCUT2D eigenvalue weighted by atomic mass is 9.86. The lowest BCUT2D eigenvalue weighted by Crippen LogP contribution is -2.40. The first-order valence-corrected chi connectivity index (χ1v) is 6.57. The number of hydrogen-bond donors (Lipinski definition) is 1. The summed E-state index contributed by atoms with van der Waals surface area (Å²) in [6, 6.07) is 1.76. The van der Waals surface area contributed by atoms with Crippen molar-refractivity contribution < 1.29 is 0 Å². The average Bonchev–Trinajstić information content (AvgIpc) is 2.74. The van der Waals surface area contributed by atoms with Gasteiger partial charge in [-0.15, -0.1) is 0 Å². The van der Waals surface area contributed by atoms with Gasteiger partial charge < -0.3 is 5.32 Å². The third-order valence-corrected chi connectivity index (χ3v) is 4.65. The fourth-order valence-corrected chi connectivity index (χ4v) is 3.77. The Morgan fingerprint density at radius 1 is 0.857 bits per heavy atom. The zero-order valence-electron chi connectivity index (χ0n) is 9.34. The second kappa shape index (κ2) is 3.52. The molecule has 0 radical (unpaired) electrons. The molecule has 1 heteroatoms. The molecule has 3 rings (SSSR count). The van der Waals surface area contributed by atoms with Crippen molar-refractivity contribution in [1.29, 1.82) is 0 Å². The van der Waals surface area contributed by atoms with Gasteiger partial charge in [-0.3, -0.25) is 0 Å². The van der Waals surface area contributed by atoms with Gasteiger partial charge in [0.1, 0.15) is 0 Å². The van der Waals surface area contributed by atoms with Crippen molar-refractivity contribution in [2.75, 3.05) is 0 Å². The van der Waals surface area contributed by atoms with Crippen molar-refractivity contribution in [3.8, 4) is 0 Å². The van der Waals surface area contributed by atoms with Crippen LogP contribution in [-0.4, -0.2) is 12.1 Å². The van der Waals surface area contributed by atoms with E-state index >= 15 is 0 Å². The zero-order valence-corrected chi connectivity index (χ0v) is 9.34. The van der Waals surface area contributed by atoms with Gasteiger partial charge in [-0.05, 0) is 49.9 Å². The Morgan fingerprint density at radius 2 is 1.64 bits per heavy atom. The molecule has 0 bridgehead atoms. The minimum atomic E-state index is 0.862. The van der Waals surface area contributed by atoms with Gasteiger partial charge in [0, 0.05) is 12.1 Å². The van der Waals surface area contributed by atoms with E-state index in [0.717, 1.165) is 29.8 Å². The van der Waals surface area contributed by atoms with Crippen molar-refractivity contribution in [2.24, 2.45) is 17.8 Å². The molecule has 0 aromatic carbocycles. The van der Waals surface area contributed by atoms with Gasteiger partial charge in [0.2, 0.25) is 0 Å². The minimum absolute atomic E-state index is 0.862. The van der Waals surface area contributed by atoms with Gasteiger partial charge in [-0.2, -0.15) is 0 Å². The molecule has 0 amide bonds. The normalized spacial score (nSPS) is 51.6. The molecule has 3 aliphatic rings. The Labute approximate surface area is 87.7 Å². The molecule has 80 valence electrons. The molecule has 3 saturated carbocycles. The van der Waals surface area contributed by atoms with Crippen LogP contribution in [0.2, 0.25) is 0 Å². The summed E-state index contributed by atoms with van der Waals surface area (Å²) in [6.07, 6.45) is 10.3. The monoisotopic (exact) mass is 193 g/mol. The Hall–Kier alpha value is -0.0400. The molecule has 0 heterocycles. The van der Waals surface area contributed by atoms with Crippen molar-refractivity contribution in [1.82, 2.24) is 5.32 Å². The van der Waals surface area contributed by atoms with E-state index in [4.69, 9.17) is 0 Å². The number of fused-ring (bicyclic) bond motifs is 1. The van der Waals surface area contributed by atoms with E-state index in [1.807, 2.05) is 0 Å². The lowest BCUT2D eigenvalue weighted by molar-refractivity contribution is 0.275. The Bertz CT molecular complexity index is 203. The Kier molecular flexibility index (Phi) is 2.31. The summed E-state index contributed by atoms with van der Waals surface area (Å²) in [6.45, 7) is 2.42. The van der Waals surface area contributed by atoms with Crippen LogP contribution in [0.1, 0.15) is 51.9 Å². The highest BCUT2D eigenvalue weighted by atomic mass is 15.0. The molecule has 3 fully saturated rings. The summed E-state index contributed by atoms with van der Waals surface area (Å²) >= 11 is 0. The van der Waals surface area contributed by atoms with E-state index in [2.05, 4.69) is 12.2 Å². The van der Waals surface area contributed by atoms with Gasteiger partial charge in [0.05, 0.1) is 0 Å². The largest absolute Gasteiger partial charge is 0.311 e. The van der Waals surface area contributed by atoms with E-state index in [1.165, 1.54) is 38.5 Å². The Morgan fingerprint density at radius 3 is 2.36 bits per heavy atom. The summed E-state index contributed by atoms with van der Waals surface area (Å²) in [7, 11) is 0. The van der Waals surface area contributed by atoms with Gasteiger partial charge in [-0.1, -0.05) is 19.8 Å². The molecule has 4 unspecified atom stereocenters. The second-order valence-corrected chi connectivity index (χ2v) is 6.06. The molecule has 0 aromatic rings. The first-order chi connectivity index (χ1) is 6.81. The van der Waals surface area contributed by atoms with Crippen LogP contribution in [0.25, 0.3) is 0 Å². The molecule has 0 spiro atoms. The van der Waals surface area contributed by atoms with Crippen LogP contribution < -0.4 is 5.32 Å². The SMILES string of the molecule is CC1CCCC(NC2CC3CC3C2)C1. The van der Waals surface area contributed by atoms with E-state index in [0.29, 0.717) is 0 Å². The van der Waals surface area contributed by atoms with Crippen molar-refractivity contribution in [2.45, 2.75) is 64.0 Å². The van der Waals surface area contributed by atoms with Gasteiger partial charge >= 0.3 is 0 Å². The summed E-state index contributed by atoms with van der Waals surface area (Å²) in [4.78, 5) is 0. The standard InChI is InChI=1S/C13H23N/c1-9-3-2-4-12(5-9)14-13-7-10-6-11(10)8-13/h9-14H,2-8H2,1H3. The lowest BCUT2D eigenvalue weighted by Gasteiger charge is -2.30. The average molecular weight is 193 g/mol. The third-order valence-electron chi connectivity index (χ3n) is 4.65. The molecule has 3 aliphatic carbocycles. The fraction of sp³-hybridized carbons (Fsp3) is 1.00. The van der Waals surface area contributed by atoms with Gasteiger partial charge in [0.15, 0.2) is 0 Å². The van der Waals surface area contributed by atoms with E-state index in [1.54, 1.807) is 6.42 Å². The van der Waals surface area contributed by atoms with Crippen molar-refractivity contribution in [3.63, 3.8) is 0 Å². The molecule has 1 nitrogen and oxygen atoms in total. The van der Waals surface area contributed by atoms with Crippen LogP contribution >= 0.6 is 0 Å². The van der Waals surface area contributed by atoms with E-state index < -0.39 is 0 Å². The van der Waals surface area contributed by atoms with Gasteiger partial charge in [0.25, 0.3) is 0 Å². The smallest absolute Gasteiger partial charge is 0.00751 e.